The lowest BCUT2D eigenvalue weighted by Crippen LogP contribution is -2.32. The minimum absolute atomic E-state index is 0.154. The zero-order chi connectivity index (χ0) is 8.97. The molecule has 0 aromatic heterocycles. The van der Waals surface area contributed by atoms with Crippen LogP contribution in [0.25, 0.3) is 0 Å². The van der Waals surface area contributed by atoms with Crippen molar-refractivity contribution in [1.29, 1.82) is 0 Å². The van der Waals surface area contributed by atoms with E-state index in [4.69, 9.17) is 0 Å². The minimum Gasteiger partial charge on any atom is -0.273 e. The van der Waals surface area contributed by atoms with Gasteiger partial charge < -0.3 is 0 Å². The second kappa shape index (κ2) is 4.24. The first-order valence-corrected chi connectivity index (χ1v) is 4.56. The van der Waals surface area contributed by atoms with Gasteiger partial charge in [0.2, 0.25) is 5.91 Å². The van der Waals surface area contributed by atoms with E-state index >= 15 is 0 Å². The van der Waals surface area contributed by atoms with Crippen molar-refractivity contribution in [2.24, 2.45) is 5.10 Å². The van der Waals surface area contributed by atoms with Crippen LogP contribution in [-0.4, -0.2) is 23.2 Å². The van der Waals surface area contributed by atoms with Gasteiger partial charge in [-0.05, 0) is 33.1 Å². The SMILES string of the molecule is CC(C)N1/N=C\CCCCC1=O. The molecule has 68 valence electrons. The number of hydrazone groups is 1. The van der Waals surface area contributed by atoms with Crippen LogP contribution in [0.2, 0.25) is 0 Å². The van der Waals surface area contributed by atoms with Crippen LogP contribution in [0.5, 0.6) is 0 Å². The highest BCUT2D eigenvalue weighted by molar-refractivity contribution is 5.77. The van der Waals surface area contributed by atoms with E-state index in [0.717, 1.165) is 19.3 Å². The molecule has 1 aliphatic heterocycles. The molecule has 0 aromatic carbocycles. The summed E-state index contributed by atoms with van der Waals surface area (Å²) in [6.45, 7) is 3.97. The molecule has 0 unspecified atom stereocenters. The van der Waals surface area contributed by atoms with E-state index in [9.17, 15) is 4.79 Å². The van der Waals surface area contributed by atoms with Crippen LogP contribution >= 0.6 is 0 Å². The number of carbonyl (C=O) groups excluding carboxylic acids is 1. The molecule has 0 N–H and O–H groups in total. The van der Waals surface area contributed by atoms with Crippen LogP contribution < -0.4 is 0 Å². The molecule has 3 nitrogen and oxygen atoms in total. The highest BCUT2D eigenvalue weighted by Gasteiger charge is 2.15. The molecule has 0 atom stereocenters. The third-order valence-electron chi connectivity index (χ3n) is 1.92. The number of hydrogen-bond donors (Lipinski definition) is 0. The fourth-order valence-corrected chi connectivity index (χ4v) is 1.26. The maximum atomic E-state index is 11.4. The fraction of sp³-hybridized carbons (Fsp3) is 0.778. The predicted molar refractivity (Wildman–Crippen MR) is 48.9 cm³/mol. The summed E-state index contributed by atoms with van der Waals surface area (Å²) in [5.74, 6) is 0.154. The van der Waals surface area contributed by atoms with E-state index in [1.807, 2.05) is 20.1 Å². The molecular formula is C9H16N2O. The second-order valence-electron chi connectivity index (χ2n) is 3.38. The first kappa shape index (κ1) is 9.23. The minimum atomic E-state index is 0.154. The summed E-state index contributed by atoms with van der Waals surface area (Å²) in [4.78, 5) is 11.4. The molecule has 1 heterocycles. The standard InChI is InChI=1S/C9H16N2O/c1-8(2)11-9(12)6-4-3-5-7-10-11/h7-8H,3-6H2,1-2H3/b10-7-. The van der Waals surface area contributed by atoms with E-state index in [-0.39, 0.29) is 11.9 Å². The van der Waals surface area contributed by atoms with E-state index in [1.54, 1.807) is 5.01 Å². The van der Waals surface area contributed by atoms with E-state index in [0.29, 0.717) is 6.42 Å². The molecule has 0 aliphatic carbocycles. The summed E-state index contributed by atoms with van der Waals surface area (Å²) in [5.41, 5.74) is 0. The van der Waals surface area contributed by atoms with Crippen LogP contribution in [0.1, 0.15) is 39.5 Å². The van der Waals surface area contributed by atoms with Crippen molar-refractivity contribution in [3.05, 3.63) is 0 Å². The quantitative estimate of drug-likeness (QED) is 0.587. The number of nitrogens with zero attached hydrogens (tertiary/aromatic N) is 2. The maximum Gasteiger partial charge on any atom is 0.242 e. The molecule has 0 saturated heterocycles. The first-order valence-electron chi connectivity index (χ1n) is 4.56. The summed E-state index contributed by atoms with van der Waals surface area (Å²) in [6.07, 6.45) is 5.57. The molecule has 1 amide bonds. The lowest BCUT2D eigenvalue weighted by molar-refractivity contribution is -0.133. The summed E-state index contributed by atoms with van der Waals surface area (Å²) in [7, 11) is 0. The van der Waals surface area contributed by atoms with Crippen molar-refractivity contribution in [1.82, 2.24) is 5.01 Å². The van der Waals surface area contributed by atoms with Crippen LogP contribution in [0, 0.1) is 0 Å². The van der Waals surface area contributed by atoms with Crippen LogP contribution in [0.3, 0.4) is 0 Å². The molecule has 0 spiro atoms. The van der Waals surface area contributed by atoms with Gasteiger partial charge in [-0.25, -0.2) is 5.01 Å². The zero-order valence-corrected chi connectivity index (χ0v) is 7.79. The molecule has 0 aromatic rings. The fourth-order valence-electron chi connectivity index (χ4n) is 1.26. The summed E-state index contributed by atoms with van der Waals surface area (Å²) in [5, 5.41) is 5.70. The average molecular weight is 168 g/mol. The van der Waals surface area contributed by atoms with Crippen molar-refractivity contribution < 1.29 is 4.79 Å². The second-order valence-corrected chi connectivity index (χ2v) is 3.38. The Bertz CT molecular complexity index is 187. The van der Waals surface area contributed by atoms with Crippen molar-refractivity contribution in [2.75, 3.05) is 0 Å². The van der Waals surface area contributed by atoms with Gasteiger partial charge in [-0.1, -0.05) is 0 Å². The van der Waals surface area contributed by atoms with Gasteiger partial charge in [0.15, 0.2) is 0 Å². The molecule has 12 heavy (non-hydrogen) atoms. The Kier molecular flexibility index (Phi) is 3.26. The zero-order valence-electron chi connectivity index (χ0n) is 7.79. The maximum absolute atomic E-state index is 11.4. The van der Waals surface area contributed by atoms with Crippen LogP contribution in [-0.2, 0) is 4.79 Å². The van der Waals surface area contributed by atoms with Gasteiger partial charge in [-0.2, -0.15) is 5.10 Å². The molecule has 0 saturated carbocycles. The molecule has 0 bridgehead atoms. The van der Waals surface area contributed by atoms with Gasteiger partial charge in [0, 0.05) is 18.7 Å². The van der Waals surface area contributed by atoms with Crippen molar-refractivity contribution in [2.45, 2.75) is 45.6 Å². The summed E-state index contributed by atoms with van der Waals surface area (Å²) in [6, 6.07) is 0.187. The third kappa shape index (κ3) is 2.32. The lowest BCUT2D eigenvalue weighted by atomic mass is 10.1. The number of hydrogen-bond acceptors (Lipinski definition) is 2. The Balaban J connectivity index is 2.64. The third-order valence-corrected chi connectivity index (χ3v) is 1.92. The predicted octanol–water partition coefficient (Wildman–Crippen LogP) is 1.78. The van der Waals surface area contributed by atoms with E-state index < -0.39 is 0 Å². The largest absolute Gasteiger partial charge is 0.273 e. The summed E-state index contributed by atoms with van der Waals surface area (Å²) >= 11 is 0. The molecule has 0 fully saturated rings. The summed E-state index contributed by atoms with van der Waals surface area (Å²) < 4.78 is 0. The average Bonchev–Trinajstić information content (AvgIpc) is 1.96. The van der Waals surface area contributed by atoms with Gasteiger partial charge in [0.1, 0.15) is 0 Å². The Morgan fingerprint density at radius 3 is 2.92 bits per heavy atom. The lowest BCUT2D eigenvalue weighted by Gasteiger charge is -2.22. The van der Waals surface area contributed by atoms with Gasteiger partial charge in [0.25, 0.3) is 0 Å². The van der Waals surface area contributed by atoms with Gasteiger partial charge >= 0.3 is 0 Å². The van der Waals surface area contributed by atoms with Crippen molar-refractivity contribution in [3.63, 3.8) is 0 Å². The monoisotopic (exact) mass is 168 g/mol. The van der Waals surface area contributed by atoms with Crippen molar-refractivity contribution in [3.8, 4) is 0 Å². The van der Waals surface area contributed by atoms with Crippen LogP contribution in [0.15, 0.2) is 5.10 Å². The van der Waals surface area contributed by atoms with E-state index in [2.05, 4.69) is 5.10 Å². The molecule has 3 heteroatoms. The van der Waals surface area contributed by atoms with E-state index in [1.165, 1.54) is 0 Å². The molecular weight excluding hydrogens is 152 g/mol. The highest BCUT2D eigenvalue weighted by Crippen LogP contribution is 2.09. The Morgan fingerprint density at radius 1 is 1.50 bits per heavy atom. The van der Waals surface area contributed by atoms with Crippen molar-refractivity contribution >= 4 is 12.1 Å². The molecule has 0 radical (unpaired) electrons. The first-order chi connectivity index (χ1) is 5.72. The smallest absolute Gasteiger partial charge is 0.242 e. The number of amides is 1. The molecule has 1 rings (SSSR count). The van der Waals surface area contributed by atoms with Gasteiger partial charge in [0.05, 0.1) is 0 Å². The van der Waals surface area contributed by atoms with Gasteiger partial charge in [-0.3, -0.25) is 4.79 Å². The number of rotatable bonds is 1. The number of carbonyl (C=O) groups is 1. The molecule has 1 aliphatic rings. The normalized spacial score (nSPS) is 22.2. The Morgan fingerprint density at radius 2 is 2.25 bits per heavy atom. The highest BCUT2D eigenvalue weighted by atomic mass is 16.2. The van der Waals surface area contributed by atoms with Crippen LogP contribution in [0.4, 0.5) is 0 Å². The Labute approximate surface area is 73.4 Å². The Hall–Kier alpha value is -0.860. The van der Waals surface area contributed by atoms with Gasteiger partial charge in [-0.15, -0.1) is 0 Å². The topological polar surface area (TPSA) is 32.7 Å².